The summed E-state index contributed by atoms with van der Waals surface area (Å²) in [6.07, 6.45) is -3.20. The van der Waals surface area contributed by atoms with Gasteiger partial charge in [-0.1, -0.05) is 23.4 Å². The monoisotopic (exact) mass is 628 g/mol. The molecule has 2 aromatic carbocycles. The van der Waals surface area contributed by atoms with Gasteiger partial charge in [0.1, 0.15) is 34.0 Å². The number of ether oxygens (including phenoxy) is 2. The summed E-state index contributed by atoms with van der Waals surface area (Å²) in [6, 6.07) is 14.0. The molecule has 0 saturated carbocycles. The second-order valence-electron chi connectivity index (χ2n) is 11.8. The third kappa shape index (κ3) is 8.75. The van der Waals surface area contributed by atoms with Crippen molar-refractivity contribution < 1.29 is 32.0 Å². The molecule has 0 aliphatic heterocycles. The van der Waals surface area contributed by atoms with E-state index in [1.807, 2.05) is 77.6 Å². The van der Waals surface area contributed by atoms with Gasteiger partial charge in [-0.25, -0.2) is 9.97 Å². The first-order valence-electron chi connectivity index (χ1n) is 13.9. The molecule has 0 bridgehead atoms. The van der Waals surface area contributed by atoms with E-state index in [2.05, 4.69) is 15.1 Å². The number of benzene rings is 2. The van der Waals surface area contributed by atoms with Gasteiger partial charge in [-0.3, -0.25) is 4.79 Å². The van der Waals surface area contributed by atoms with Crippen molar-refractivity contribution in [2.24, 2.45) is 0 Å². The minimum Gasteiger partial charge on any atom is -0.459 e. The molecule has 0 aliphatic rings. The number of anilines is 1. The van der Waals surface area contributed by atoms with Gasteiger partial charge in [0.05, 0.1) is 17.8 Å². The van der Waals surface area contributed by atoms with E-state index in [1.54, 1.807) is 6.07 Å². The van der Waals surface area contributed by atoms with Crippen molar-refractivity contribution in [2.75, 3.05) is 4.90 Å². The largest absolute Gasteiger partial charge is 0.459 e. The van der Waals surface area contributed by atoms with Gasteiger partial charge in [0, 0.05) is 23.1 Å². The number of alkyl halides is 3. The maximum absolute atomic E-state index is 13.2. The molecule has 0 aliphatic carbocycles. The summed E-state index contributed by atoms with van der Waals surface area (Å²) >= 11 is 1.42. The highest BCUT2D eigenvalue weighted by Crippen LogP contribution is 2.36. The Labute approximate surface area is 259 Å². The zero-order chi connectivity index (χ0) is 32.3. The lowest BCUT2D eigenvalue weighted by atomic mass is 10.1. The third-order valence-corrected chi connectivity index (χ3v) is 7.61. The van der Waals surface area contributed by atoms with Crippen LogP contribution in [0.1, 0.15) is 62.8 Å². The van der Waals surface area contributed by atoms with Crippen LogP contribution in [-0.4, -0.2) is 31.4 Å². The molecule has 234 valence electrons. The van der Waals surface area contributed by atoms with Gasteiger partial charge in [0.25, 0.3) is 0 Å². The van der Waals surface area contributed by atoms with E-state index >= 15 is 0 Å². The molecule has 12 heteroatoms. The molecule has 0 unspecified atom stereocenters. The molecule has 0 radical (unpaired) electrons. The van der Waals surface area contributed by atoms with Gasteiger partial charge >= 0.3 is 12.1 Å². The van der Waals surface area contributed by atoms with Crippen LogP contribution in [0, 0.1) is 13.8 Å². The standard InChI is InChI=1S/C32H35F3N4O4S/c1-20-26(21(2)43-38-20)18-39(17-22-11-13-25(14-12-22)44-31(6,7)29(40)42-30(3,4)5)27-16-28(37-19-36-27)41-24-10-8-9-23(15-24)32(33,34)35/h8-16,19H,17-18H2,1-7H3. The summed E-state index contributed by atoms with van der Waals surface area (Å²) in [5, 5.41) is 4.06. The van der Waals surface area contributed by atoms with Gasteiger partial charge in [-0.15, -0.1) is 11.8 Å². The van der Waals surface area contributed by atoms with Crippen molar-refractivity contribution in [1.29, 1.82) is 0 Å². The summed E-state index contributed by atoms with van der Waals surface area (Å²) in [7, 11) is 0. The fourth-order valence-corrected chi connectivity index (χ4v) is 5.16. The number of halogens is 3. The SMILES string of the molecule is Cc1noc(C)c1CN(Cc1ccc(SC(C)(C)C(=O)OC(C)(C)C)cc1)c1cc(Oc2cccc(C(F)(F)F)c2)ncn1. The van der Waals surface area contributed by atoms with Gasteiger partial charge in [-0.05, 0) is 84.4 Å². The Bertz CT molecular complexity index is 1580. The van der Waals surface area contributed by atoms with E-state index in [-0.39, 0.29) is 17.6 Å². The van der Waals surface area contributed by atoms with Crippen molar-refractivity contribution in [2.45, 2.75) is 83.0 Å². The molecule has 2 heterocycles. The average Bonchev–Trinajstić information content (AvgIpc) is 3.24. The first-order chi connectivity index (χ1) is 20.5. The van der Waals surface area contributed by atoms with Crippen molar-refractivity contribution in [3.63, 3.8) is 0 Å². The lowest BCUT2D eigenvalue weighted by Crippen LogP contribution is -2.36. The highest BCUT2D eigenvalue weighted by molar-refractivity contribution is 8.01. The molecule has 44 heavy (non-hydrogen) atoms. The molecule has 2 aromatic heterocycles. The number of esters is 1. The Hall–Kier alpha value is -4.06. The molecule has 0 saturated heterocycles. The Balaban J connectivity index is 1.57. The van der Waals surface area contributed by atoms with E-state index < -0.39 is 22.1 Å². The smallest absolute Gasteiger partial charge is 0.416 e. The number of rotatable bonds is 10. The van der Waals surface area contributed by atoms with Crippen LogP contribution in [0.4, 0.5) is 19.0 Å². The Morgan fingerprint density at radius 3 is 2.27 bits per heavy atom. The Morgan fingerprint density at radius 2 is 1.66 bits per heavy atom. The third-order valence-electron chi connectivity index (χ3n) is 6.43. The van der Waals surface area contributed by atoms with Crippen LogP contribution in [0.2, 0.25) is 0 Å². The molecule has 0 N–H and O–H groups in total. The highest BCUT2D eigenvalue weighted by Gasteiger charge is 2.34. The Kier molecular flexibility index (Phi) is 9.62. The van der Waals surface area contributed by atoms with Gasteiger partial charge in [0.15, 0.2) is 0 Å². The maximum atomic E-state index is 13.2. The molecular weight excluding hydrogens is 593 g/mol. The minimum absolute atomic E-state index is 0.00384. The summed E-state index contributed by atoms with van der Waals surface area (Å²) in [5.74, 6) is 0.958. The summed E-state index contributed by atoms with van der Waals surface area (Å²) in [5.41, 5.74) is 1.17. The molecule has 0 fully saturated rings. The number of thioether (sulfide) groups is 1. The van der Waals surface area contributed by atoms with Crippen LogP contribution in [0.5, 0.6) is 11.6 Å². The van der Waals surface area contributed by atoms with Gasteiger partial charge < -0.3 is 18.9 Å². The number of aryl methyl sites for hydroxylation is 2. The van der Waals surface area contributed by atoms with Crippen molar-refractivity contribution in [1.82, 2.24) is 15.1 Å². The zero-order valence-electron chi connectivity index (χ0n) is 25.7. The predicted octanol–water partition coefficient (Wildman–Crippen LogP) is 8.31. The molecule has 0 spiro atoms. The summed E-state index contributed by atoms with van der Waals surface area (Å²) < 4.78 is 55.5. The van der Waals surface area contributed by atoms with E-state index in [0.29, 0.717) is 24.7 Å². The maximum Gasteiger partial charge on any atom is 0.416 e. The highest BCUT2D eigenvalue weighted by atomic mass is 32.2. The molecule has 4 rings (SSSR count). The van der Waals surface area contributed by atoms with Gasteiger partial charge in [0.2, 0.25) is 5.88 Å². The van der Waals surface area contributed by atoms with Crippen LogP contribution >= 0.6 is 11.8 Å². The van der Waals surface area contributed by atoms with Crippen LogP contribution in [-0.2, 0) is 28.8 Å². The van der Waals surface area contributed by atoms with Crippen molar-refractivity contribution in [3.8, 4) is 11.6 Å². The van der Waals surface area contributed by atoms with Crippen LogP contribution in [0.25, 0.3) is 0 Å². The second-order valence-corrected chi connectivity index (χ2v) is 13.5. The minimum atomic E-state index is -4.50. The number of carbonyl (C=O) groups excluding carboxylic acids is 1. The van der Waals surface area contributed by atoms with Crippen LogP contribution in [0.15, 0.2) is 70.3 Å². The van der Waals surface area contributed by atoms with Gasteiger partial charge in [-0.2, -0.15) is 13.2 Å². The average molecular weight is 629 g/mol. The number of nitrogens with zero attached hydrogens (tertiary/aromatic N) is 4. The first kappa shape index (κ1) is 32.8. The lowest BCUT2D eigenvalue weighted by molar-refractivity contribution is -0.156. The second kappa shape index (κ2) is 12.9. The predicted molar refractivity (Wildman–Crippen MR) is 162 cm³/mol. The first-order valence-corrected chi connectivity index (χ1v) is 14.7. The van der Waals surface area contributed by atoms with Crippen molar-refractivity contribution >= 4 is 23.5 Å². The Morgan fingerprint density at radius 1 is 0.955 bits per heavy atom. The number of hydrogen-bond donors (Lipinski definition) is 0. The summed E-state index contributed by atoms with van der Waals surface area (Å²) in [6.45, 7) is 13.7. The van der Waals surface area contributed by atoms with Crippen LogP contribution in [0.3, 0.4) is 0 Å². The van der Waals surface area contributed by atoms with E-state index in [1.165, 1.54) is 30.2 Å². The molecule has 4 aromatic rings. The number of hydrogen-bond acceptors (Lipinski definition) is 9. The number of carbonyl (C=O) groups is 1. The van der Waals surface area contributed by atoms with E-state index in [4.69, 9.17) is 14.0 Å². The topological polar surface area (TPSA) is 90.6 Å². The molecular formula is C32H35F3N4O4S. The quantitative estimate of drug-likeness (QED) is 0.127. The van der Waals surface area contributed by atoms with Crippen molar-refractivity contribution in [3.05, 3.63) is 89.1 Å². The normalized spacial score (nSPS) is 12.2. The fourth-order valence-electron chi connectivity index (χ4n) is 4.17. The fraction of sp³-hybridized carbons (Fsp3) is 0.375. The molecule has 0 amide bonds. The zero-order valence-corrected chi connectivity index (χ0v) is 26.5. The molecule has 0 atom stereocenters. The molecule has 8 nitrogen and oxygen atoms in total. The van der Waals surface area contributed by atoms with E-state index in [0.717, 1.165) is 33.8 Å². The van der Waals surface area contributed by atoms with Crippen LogP contribution < -0.4 is 9.64 Å². The lowest BCUT2D eigenvalue weighted by Gasteiger charge is -2.28. The summed E-state index contributed by atoms with van der Waals surface area (Å²) in [4.78, 5) is 24.2. The van der Waals surface area contributed by atoms with E-state index in [9.17, 15) is 18.0 Å². The number of aromatic nitrogens is 3.